The minimum absolute atomic E-state index is 0.000655. The van der Waals surface area contributed by atoms with Gasteiger partial charge in [0.05, 0.1) is 12.7 Å². The molecule has 0 amide bonds. The van der Waals surface area contributed by atoms with E-state index in [0.29, 0.717) is 6.42 Å². The first-order valence-corrected chi connectivity index (χ1v) is 17.6. The van der Waals surface area contributed by atoms with Gasteiger partial charge in [0, 0.05) is 13.3 Å². The molecule has 1 aliphatic rings. The van der Waals surface area contributed by atoms with E-state index in [0.717, 1.165) is 5.56 Å². The fourth-order valence-corrected chi connectivity index (χ4v) is 5.72. The molecule has 5 nitrogen and oxygen atoms in total. The quantitative estimate of drug-likeness (QED) is 0.308. The summed E-state index contributed by atoms with van der Waals surface area (Å²) in [7, 11) is -4.37. The van der Waals surface area contributed by atoms with Crippen molar-refractivity contribution in [2.24, 2.45) is 0 Å². The van der Waals surface area contributed by atoms with Crippen LogP contribution in [0.2, 0.25) is 36.3 Å². The maximum absolute atomic E-state index is 13.8. The molecule has 0 bridgehead atoms. The third-order valence-corrected chi connectivity index (χ3v) is 16.6. The average molecular weight is 499 g/mol. The zero-order valence-corrected chi connectivity index (χ0v) is 24.3. The van der Waals surface area contributed by atoms with Gasteiger partial charge in [-0.2, -0.15) is 0 Å². The lowest BCUT2D eigenvalue weighted by Gasteiger charge is -2.45. The van der Waals surface area contributed by atoms with Crippen LogP contribution in [0.5, 0.6) is 0 Å². The Balaban J connectivity index is 2.57. The third kappa shape index (κ3) is 6.34. The van der Waals surface area contributed by atoms with Crippen LogP contribution in [-0.2, 0) is 28.7 Å². The predicted octanol–water partition coefficient (Wildman–Crippen LogP) is 6.74. The molecule has 0 N–H and O–H groups in total. The van der Waals surface area contributed by atoms with Gasteiger partial charge in [0.2, 0.25) is 6.29 Å². The number of carbonyl (C=O) groups excluding carboxylic acids is 1. The van der Waals surface area contributed by atoms with Gasteiger partial charge in [-0.3, -0.25) is 4.79 Å². The number of ether oxygens (including phenoxy) is 2. The number of benzene rings is 1. The fourth-order valence-electron chi connectivity index (χ4n) is 3.36. The van der Waals surface area contributed by atoms with Gasteiger partial charge in [-0.25, -0.2) is 4.39 Å². The Morgan fingerprint density at radius 3 is 2.00 bits per heavy atom. The largest absolute Gasteiger partial charge is 0.436 e. The van der Waals surface area contributed by atoms with Crippen molar-refractivity contribution in [2.45, 2.75) is 109 Å². The molecule has 188 valence electrons. The summed E-state index contributed by atoms with van der Waals surface area (Å²) in [6.45, 7) is 23.5. The zero-order valence-electron chi connectivity index (χ0n) is 22.3. The molecule has 1 saturated heterocycles. The number of rotatable bonds is 7. The van der Waals surface area contributed by atoms with E-state index in [1.54, 1.807) is 12.1 Å². The van der Waals surface area contributed by atoms with Gasteiger partial charge < -0.3 is 18.3 Å². The van der Waals surface area contributed by atoms with Crippen molar-refractivity contribution in [1.82, 2.24) is 0 Å². The molecular formula is C25H43FO5Si2. The van der Waals surface area contributed by atoms with Crippen molar-refractivity contribution in [3.8, 4) is 0 Å². The molecule has 3 atom stereocenters. The van der Waals surface area contributed by atoms with E-state index in [1.807, 2.05) is 0 Å². The number of hydrogen-bond acceptors (Lipinski definition) is 5. The summed E-state index contributed by atoms with van der Waals surface area (Å²) in [6, 6.07) is 6.30. The summed E-state index contributed by atoms with van der Waals surface area (Å²) < 4.78 is 39.4. The Kier molecular flexibility index (Phi) is 8.13. The van der Waals surface area contributed by atoms with Gasteiger partial charge in [0.15, 0.2) is 16.6 Å². The van der Waals surface area contributed by atoms with Crippen LogP contribution in [0.1, 0.15) is 60.5 Å². The lowest BCUT2D eigenvalue weighted by atomic mass is 9.89. The van der Waals surface area contributed by atoms with Crippen LogP contribution in [0.15, 0.2) is 24.3 Å². The molecule has 0 radical (unpaired) electrons. The molecular weight excluding hydrogens is 455 g/mol. The molecule has 2 rings (SSSR count). The molecule has 33 heavy (non-hydrogen) atoms. The Labute approximate surface area is 201 Å². The van der Waals surface area contributed by atoms with Crippen LogP contribution in [0.25, 0.3) is 0 Å². The highest BCUT2D eigenvalue weighted by Crippen LogP contribution is 2.48. The molecule has 8 heteroatoms. The number of carbonyl (C=O) groups is 1. The second-order valence-corrected chi connectivity index (χ2v) is 21.8. The Bertz CT molecular complexity index is 827. The minimum Gasteiger partial charge on any atom is -0.436 e. The molecule has 1 aliphatic heterocycles. The van der Waals surface area contributed by atoms with Crippen molar-refractivity contribution < 1.29 is 27.5 Å². The zero-order chi connectivity index (χ0) is 25.5. The summed E-state index contributed by atoms with van der Waals surface area (Å²) in [6.07, 6.45) is -0.770. The number of halogens is 1. The van der Waals surface area contributed by atoms with Crippen LogP contribution in [0.4, 0.5) is 4.39 Å². The van der Waals surface area contributed by atoms with Crippen molar-refractivity contribution in [1.29, 1.82) is 0 Å². The first-order valence-electron chi connectivity index (χ1n) is 11.7. The molecule has 0 aromatic heterocycles. The molecule has 0 unspecified atom stereocenters. The predicted molar refractivity (Wildman–Crippen MR) is 135 cm³/mol. The van der Waals surface area contributed by atoms with Gasteiger partial charge in [0.1, 0.15) is 11.4 Å². The van der Waals surface area contributed by atoms with Crippen LogP contribution in [0, 0.1) is 5.82 Å². The SMILES string of the molecule is CC(=O)O[C@@H]1C[C@@H](O[Si](C)(C)C(C)(C)C)[C@](CO[Si](C)(C)C(C)(C)C)(c2ccc(F)cc2)O1. The highest BCUT2D eigenvalue weighted by Gasteiger charge is 2.56. The maximum Gasteiger partial charge on any atom is 0.304 e. The molecule has 1 aromatic rings. The summed E-state index contributed by atoms with van der Waals surface area (Å²) in [4.78, 5) is 11.8. The first-order chi connectivity index (χ1) is 14.8. The van der Waals surface area contributed by atoms with Crippen LogP contribution in [-0.4, -0.2) is 41.6 Å². The summed E-state index contributed by atoms with van der Waals surface area (Å²) in [5.74, 6) is -0.734. The second kappa shape index (κ2) is 9.53. The molecule has 1 aromatic carbocycles. The van der Waals surface area contributed by atoms with Gasteiger partial charge in [-0.1, -0.05) is 53.7 Å². The van der Waals surface area contributed by atoms with E-state index in [1.165, 1.54) is 19.1 Å². The fraction of sp³-hybridized carbons (Fsp3) is 0.720. The third-order valence-electron chi connectivity index (χ3n) is 7.60. The van der Waals surface area contributed by atoms with Gasteiger partial charge in [-0.05, 0) is 54.0 Å². The van der Waals surface area contributed by atoms with E-state index in [4.69, 9.17) is 18.3 Å². The van der Waals surface area contributed by atoms with Crippen LogP contribution >= 0.6 is 0 Å². The molecule has 0 aliphatic carbocycles. The van der Waals surface area contributed by atoms with Gasteiger partial charge >= 0.3 is 5.97 Å². The van der Waals surface area contributed by atoms with E-state index in [-0.39, 0.29) is 22.5 Å². The second-order valence-electron chi connectivity index (χ2n) is 12.2. The number of esters is 1. The summed E-state index contributed by atoms with van der Waals surface area (Å²) in [5, 5.41) is -0.0258. The van der Waals surface area contributed by atoms with Crippen molar-refractivity contribution >= 4 is 22.6 Å². The number of hydrogen-bond donors (Lipinski definition) is 0. The van der Waals surface area contributed by atoms with Crippen molar-refractivity contribution in [2.75, 3.05) is 6.61 Å². The molecule has 0 spiro atoms. The molecule has 1 fully saturated rings. The van der Waals surface area contributed by atoms with E-state index >= 15 is 0 Å². The lowest BCUT2D eigenvalue weighted by molar-refractivity contribution is -0.197. The summed E-state index contributed by atoms with van der Waals surface area (Å²) in [5.41, 5.74) is -0.250. The van der Waals surface area contributed by atoms with Crippen molar-refractivity contribution in [3.05, 3.63) is 35.6 Å². The van der Waals surface area contributed by atoms with E-state index in [9.17, 15) is 9.18 Å². The Morgan fingerprint density at radius 2 is 1.55 bits per heavy atom. The molecule has 0 saturated carbocycles. The summed E-state index contributed by atoms with van der Waals surface area (Å²) >= 11 is 0. The van der Waals surface area contributed by atoms with Crippen molar-refractivity contribution in [3.63, 3.8) is 0 Å². The van der Waals surface area contributed by atoms with E-state index < -0.39 is 40.6 Å². The Morgan fingerprint density at radius 1 is 1.03 bits per heavy atom. The maximum atomic E-state index is 13.8. The Hall–Kier alpha value is -1.07. The average Bonchev–Trinajstić information content (AvgIpc) is 2.95. The van der Waals surface area contributed by atoms with Gasteiger partial charge in [0.25, 0.3) is 0 Å². The van der Waals surface area contributed by atoms with E-state index in [2.05, 4.69) is 67.7 Å². The highest BCUT2D eigenvalue weighted by atomic mass is 28.4. The highest BCUT2D eigenvalue weighted by molar-refractivity contribution is 6.74. The normalized spacial score (nSPS) is 24.7. The topological polar surface area (TPSA) is 54.0 Å². The van der Waals surface area contributed by atoms with Crippen LogP contribution < -0.4 is 0 Å². The minimum atomic E-state index is -2.22. The van der Waals surface area contributed by atoms with Crippen LogP contribution in [0.3, 0.4) is 0 Å². The smallest absolute Gasteiger partial charge is 0.304 e. The lowest BCUT2D eigenvalue weighted by Crippen LogP contribution is -2.53. The first kappa shape index (κ1) is 28.2. The van der Waals surface area contributed by atoms with Gasteiger partial charge in [-0.15, -0.1) is 0 Å². The molecule has 1 heterocycles. The monoisotopic (exact) mass is 498 g/mol. The standard InChI is InChI=1S/C25H43FO5Si2/c1-18(27)29-22-16-21(31-33(10,11)24(5,6)7)25(30-22,19-12-14-20(26)15-13-19)17-28-32(8,9)23(2,3)4/h12-15,21-22H,16-17H2,1-11H3/t21-,22+,25+/m1/s1.